The van der Waals surface area contributed by atoms with Gasteiger partial charge in [0.2, 0.25) is 0 Å². The van der Waals surface area contributed by atoms with Crippen molar-refractivity contribution in [3.05, 3.63) is 58.9 Å². The topological polar surface area (TPSA) is 68.0 Å². The number of aromatic nitrogens is 1. The van der Waals surface area contributed by atoms with Crippen molar-refractivity contribution in [2.24, 2.45) is 5.73 Å². The van der Waals surface area contributed by atoms with Crippen LogP contribution < -0.4 is 11.1 Å². The number of anilines is 1. The summed E-state index contributed by atoms with van der Waals surface area (Å²) < 4.78 is 0. The lowest BCUT2D eigenvalue weighted by Gasteiger charge is -2.06. The Hall–Kier alpha value is -1.91. The van der Waals surface area contributed by atoms with Gasteiger partial charge in [-0.25, -0.2) is 0 Å². The molecule has 1 heterocycles. The highest BCUT2D eigenvalue weighted by Gasteiger charge is 2.08. The van der Waals surface area contributed by atoms with E-state index in [1.165, 1.54) is 6.20 Å². The lowest BCUT2D eigenvalue weighted by molar-refractivity contribution is 0.102. The zero-order valence-electron chi connectivity index (χ0n) is 9.56. The Morgan fingerprint density at radius 2 is 2.00 bits per heavy atom. The molecule has 2 rings (SSSR count). The van der Waals surface area contributed by atoms with Gasteiger partial charge in [-0.2, -0.15) is 0 Å². The molecule has 4 nitrogen and oxygen atoms in total. The average molecular weight is 262 g/mol. The van der Waals surface area contributed by atoms with E-state index < -0.39 is 0 Å². The van der Waals surface area contributed by atoms with Gasteiger partial charge in [-0.05, 0) is 23.8 Å². The van der Waals surface area contributed by atoms with Gasteiger partial charge in [-0.3, -0.25) is 9.78 Å². The van der Waals surface area contributed by atoms with E-state index in [0.29, 0.717) is 22.8 Å². The Labute approximate surface area is 110 Å². The molecule has 0 fully saturated rings. The highest BCUT2D eigenvalue weighted by atomic mass is 35.5. The third kappa shape index (κ3) is 2.85. The van der Waals surface area contributed by atoms with Crippen LogP contribution >= 0.6 is 11.6 Å². The molecule has 0 aliphatic heterocycles. The summed E-state index contributed by atoms with van der Waals surface area (Å²) in [5, 5.41) is 3.15. The molecule has 0 spiro atoms. The second-order valence-corrected chi connectivity index (χ2v) is 4.12. The van der Waals surface area contributed by atoms with E-state index in [2.05, 4.69) is 10.3 Å². The first kappa shape index (κ1) is 12.5. The summed E-state index contributed by atoms with van der Waals surface area (Å²) in [6, 6.07) is 8.71. The van der Waals surface area contributed by atoms with Crippen molar-refractivity contribution >= 4 is 23.2 Å². The van der Waals surface area contributed by atoms with Crippen molar-refractivity contribution in [3.8, 4) is 0 Å². The van der Waals surface area contributed by atoms with Crippen LogP contribution in [0.4, 0.5) is 5.69 Å². The molecule has 0 unspecified atom stereocenters. The molecule has 2 aromatic rings. The van der Waals surface area contributed by atoms with Gasteiger partial charge in [0.1, 0.15) is 0 Å². The molecule has 0 aliphatic carbocycles. The Kier molecular flexibility index (Phi) is 3.92. The second kappa shape index (κ2) is 5.62. The zero-order chi connectivity index (χ0) is 13.0. The van der Waals surface area contributed by atoms with Gasteiger partial charge in [0, 0.05) is 18.3 Å². The number of halogens is 1. The van der Waals surface area contributed by atoms with Gasteiger partial charge in [0.05, 0.1) is 16.9 Å². The van der Waals surface area contributed by atoms with Crippen LogP contribution in [0.25, 0.3) is 0 Å². The van der Waals surface area contributed by atoms with Crippen molar-refractivity contribution in [2.45, 2.75) is 6.54 Å². The number of nitrogens with one attached hydrogen (secondary N) is 1. The molecule has 1 aromatic carbocycles. The number of hydrogen-bond donors (Lipinski definition) is 2. The van der Waals surface area contributed by atoms with Crippen LogP contribution in [0.2, 0.25) is 5.02 Å². The largest absolute Gasteiger partial charge is 0.326 e. The smallest absolute Gasteiger partial charge is 0.255 e. The van der Waals surface area contributed by atoms with E-state index in [-0.39, 0.29) is 5.91 Å². The maximum atomic E-state index is 11.9. The first-order valence-electron chi connectivity index (χ1n) is 5.40. The highest BCUT2D eigenvalue weighted by molar-refractivity contribution is 6.33. The van der Waals surface area contributed by atoms with Gasteiger partial charge in [0.25, 0.3) is 5.91 Å². The van der Waals surface area contributed by atoms with E-state index in [1.54, 1.807) is 24.4 Å². The molecule has 3 N–H and O–H groups in total. The zero-order valence-corrected chi connectivity index (χ0v) is 10.3. The fourth-order valence-corrected chi connectivity index (χ4v) is 1.61. The average Bonchev–Trinajstić information content (AvgIpc) is 2.41. The van der Waals surface area contributed by atoms with Crippen LogP contribution in [0.5, 0.6) is 0 Å². The first-order valence-corrected chi connectivity index (χ1v) is 5.78. The molecule has 18 heavy (non-hydrogen) atoms. The van der Waals surface area contributed by atoms with Crippen LogP contribution in [0.15, 0.2) is 42.7 Å². The minimum atomic E-state index is -0.228. The van der Waals surface area contributed by atoms with Gasteiger partial charge in [0.15, 0.2) is 0 Å². The van der Waals surface area contributed by atoms with Crippen LogP contribution in [0, 0.1) is 0 Å². The highest BCUT2D eigenvalue weighted by Crippen LogP contribution is 2.19. The molecule has 0 atom stereocenters. The van der Waals surface area contributed by atoms with Crippen molar-refractivity contribution < 1.29 is 4.79 Å². The number of carbonyl (C=O) groups is 1. The molecular formula is C13H12ClN3O. The van der Waals surface area contributed by atoms with E-state index >= 15 is 0 Å². The lowest BCUT2D eigenvalue weighted by Crippen LogP contribution is -2.12. The third-order valence-electron chi connectivity index (χ3n) is 2.47. The Morgan fingerprint density at radius 3 is 2.61 bits per heavy atom. The molecule has 0 radical (unpaired) electrons. The molecule has 1 aromatic heterocycles. The summed E-state index contributed by atoms with van der Waals surface area (Å²) in [5.41, 5.74) is 7.51. The molecule has 0 saturated carbocycles. The number of nitrogens with zero attached hydrogens (tertiary/aromatic N) is 1. The Balaban J connectivity index is 2.14. The number of nitrogens with two attached hydrogens (primary N) is 1. The number of rotatable bonds is 3. The number of benzene rings is 1. The number of amides is 1. The fraction of sp³-hybridized carbons (Fsp3) is 0.0769. The summed E-state index contributed by atoms with van der Waals surface area (Å²) in [4.78, 5) is 15.8. The Bertz CT molecular complexity index is 554. The van der Waals surface area contributed by atoms with E-state index in [1.807, 2.05) is 12.1 Å². The van der Waals surface area contributed by atoms with Gasteiger partial charge >= 0.3 is 0 Å². The van der Waals surface area contributed by atoms with Crippen LogP contribution in [0.3, 0.4) is 0 Å². The molecule has 1 amide bonds. The summed E-state index contributed by atoms with van der Waals surface area (Å²) in [6.07, 6.45) is 3.07. The molecule has 0 bridgehead atoms. The summed E-state index contributed by atoms with van der Waals surface area (Å²) in [6.45, 7) is 0.455. The van der Waals surface area contributed by atoms with E-state index in [0.717, 1.165) is 5.56 Å². The third-order valence-corrected chi connectivity index (χ3v) is 2.80. The number of carbonyl (C=O) groups excluding carboxylic acids is 1. The summed E-state index contributed by atoms with van der Waals surface area (Å²) in [7, 11) is 0. The molecular weight excluding hydrogens is 250 g/mol. The molecule has 92 valence electrons. The van der Waals surface area contributed by atoms with Crippen molar-refractivity contribution in [2.75, 3.05) is 5.32 Å². The predicted octanol–water partition coefficient (Wildman–Crippen LogP) is 2.45. The predicted molar refractivity (Wildman–Crippen MR) is 71.5 cm³/mol. The van der Waals surface area contributed by atoms with Crippen molar-refractivity contribution in [3.63, 3.8) is 0 Å². The second-order valence-electron chi connectivity index (χ2n) is 3.71. The Morgan fingerprint density at radius 1 is 1.28 bits per heavy atom. The van der Waals surface area contributed by atoms with Crippen molar-refractivity contribution in [1.29, 1.82) is 0 Å². The molecule has 5 heteroatoms. The maximum Gasteiger partial charge on any atom is 0.255 e. The standard InChI is InChI=1S/C13H12ClN3O/c14-11-5-6-16-8-12(11)17-13(18)10-3-1-9(7-15)2-4-10/h1-6,8H,7,15H2,(H,17,18). The monoisotopic (exact) mass is 261 g/mol. The first-order chi connectivity index (χ1) is 8.70. The van der Waals surface area contributed by atoms with Crippen molar-refractivity contribution in [1.82, 2.24) is 4.98 Å². The van der Waals surface area contributed by atoms with Gasteiger partial charge in [-0.15, -0.1) is 0 Å². The number of hydrogen-bond acceptors (Lipinski definition) is 3. The van der Waals surface area contributed by atoms with E-state index in [4.69, 9.17) is 17.3 Å². The minimum Gasteiger partial charge on any atom is -0.326 e. The molecule has 0 aliphatic rings. The quantitative estimate of drug-likeness (QED) is 0.892. The SMILES string of the molecule is NCc1ccc(C(=O)Nc2cnccc2Cl)cc1. The van der Waals surface area contributed by atoms with Gasteiger partial charge in [-0.1, -0.05) is 23.7 Å². The van der Waals surface area contributed by atoms with Crippen LogP contribution in [-0.2, 0) is 6.54 Å². The fourth-order valence-electron chi connectivity index (χ4n) is 1.46. The minimum absolute atomic E-state index is 0.228. The number of pyridine rings is 1. The summed E-state index contributed by atoms with van der Waals surface area (Å²) >= 11 is 5.93. The van der Waals surface area contributed by atoms with Gasteiger partial charge < -0.3 is 11.1 Å². The maximum absolute atomic E-state index is 11.9. The normalized spacial score (nSPS) is 10.1. The molecule has 0 saturated heterocycles. The van der Waals surface area contributed by atoms with Crippen LogP contribution in [-0.4, -0.2) is 10.9 Å². The van der Waals surface area contributed by atoms with Crippen LogP contribution in [0.1, 0.15) is 15.9 Å². The summed E-state index contributed by atoms with van der Waals surface area (Å²) in [5.74, 6) is -0.228. The lowest BCUT2D eigenvalue weighted by atomic mass is 10.1. The van der Waals surface area contributed by atoms with E-state index in [9.17, 15) is 4.79 Å².